The number of aryl methyl sites for hydroxylation is 2. The number of halogens is 6. The van der Waals surface area contributed by atoms with Crippen LogP contribution in [0.25, 0.3) is 0 Å². The Morgan fingerprint density at radius 3 is 1.90 bits per heavy atom. The van der Waals surface area contributed by atoms with Crippen LogP contribution in [0.3, 0.4) is 0 Å². The van der Waals surface area contributed by atoms with Gasteiger partial charge in [-0.05, 0) is 37.0 Å². The van der Waals surface area contributed by atoms with Gasteiger partial charge in [-0.1, -0.05) is 18.2 Å². The predicted molar refractivity (Wildman–Crippen MR) is 66.3 cm³/mol. The third-order valence-corrected chi connectivity index (χ3v) is 3.35. The largest absolute Gasteiger partial charge is 0.402 e. The average molecular weight is 314 g/mol. The molecule has 3 N–H and O–H groups in total. The third-order valence-electron chi connectivity index (χ3n) is 3.35. The molecule has 2 nitrogen and oxygen atoms in total. The minimum Gasteiger partial charge on any atom is -0.271 e. The molecule has 21 heavy (non-hydrogen) atoms. The van der Waals surface area contributed by atoms with E-state index >= 15 is 0 Å². The number of hydrogen-bond acceptors (Lipinski definition) is 2. The van der Waals surface area contributed by atoms with Crippen LogP contribution in [0, 0.1) is 19.8 Å². The van der Waals surface area contributed by atoms with Crippen LogP contribution in [-0.4, -0.2) is 18.4 Å². The molecule has 1 rings (SSSR count). The lowest BCUT2D eigenvalue weighted by Gasteiger charge is -2.30. The number of benzene rings is 1. The van der Waals surface area contributed by atoms with Crippen molar-refractivity contribution < 1.29 is 26.3 Å². The molecule has 0 aliphatic carbocycles. The van der Waals surface area contributed by atoms with E-state index in [2.05, 4.69) is 0 Å². The van der Waals surface area contributed by atoms with Gasteiger partial charge in [0.25, 0.3) is 0 Å². The molecule has 0 fully saturated rings. The van der Waals surface area contributed by atoms with Gasteiger partial charge in [-0.2, -0.15) is 26.3 Å². The summed E-state index contributed by atoms with van der Waals surface area (Å²) in [5.41, 5.74) is 3.71. The molecule has 0 heterocycles. The SMILES string of the molecule is Cc1ccc(CC(NN)C(C(F)(F)F)C(F)(F)F)cc1C. The molecule has 0 radical (unpaired) electrons. The van der Waals surface area contributed by atoms with Gasteiger partial charge < -0.3 is 0 Å². The summed E-state index contributed by atoms with van der Waals surface area (Å²) in [4.78, 5) is 0. The van der Waals surface area contributed by atoms with Crippen LogP contribution >= 0.6 is 0 Å². The number of rotatable bonds is 4. The van der Waals surface area contributed by atoms with Gasteiger partial charge in [-0.25, -0.2) is 0 Å². The summed E-state index contributed by atoms with van der Waals surface area (Å²) in [6, 6.07) is 2.72. The molecule has 1 atom stereocenters. The molecule has 0 saturated carbocycles. The molecule has 0 aliphatic rings. The smallest absolute Gasteiger partial charge is 0.271 e. The highest BCUT2D eigenvalue weighted by Gasteiger charge is 2.59. The quantitative estimate of drug-likeness (QED) is 0.508. The van der Waals surface area contributed by atoms with Crippen LogP contribution in [0.15, 0.2) is 18.2 Å². The Balaban J connectivity index is 3.07. The second kappa shape index (κ2) is 6.23. The van der Waals surface area contributed by atoms with Crippen molar-refractivity contribution in [2.24, 2.45) is 11.8 Å². The standard InChI is InChI=1S/C13H16F6N2/c1-7-3-4-9(5-8(7)2)6-10(21-20)11(12(14,15)16)13(17,18)19/h3-5,10-11,21H,6,20H2,1-2H3. The lowest BCUT2D eigenvalue weighted by Crippen LogP contribution is -2.54. The van der Waals surface area contributed by atoms with Gasteiger partial charge in [0.15, 0.2) is 5.92 Å². The summed E-state index contributed by atoms with van der Waals surface area (Å²) in [6.07, 6.45) is -11.3. The van der Waals surface area contributed by atoms with Gasteiger partial charge in [0.1, 0.15) is 0 Å². The van der Waals surface area contributed by atoms with E-state index in [4.69, 9.17) is 5.84 Å². The molecule has 0 bridgehead atoms. The second-order valence-electron chi connectivity index (χ2n) is 4.96. The number of nitrogens with two attached hydrogens (primary N) is 1. The maximum Gasteiger partial charge on any atom is 0.402 e. The van der Waals surface area contributed by atoms with Gasteiger partial charge in [0, 0.05) is 6.04 Å². The van der Waals surface area contributed by atoms with Gasteiger partial charge in [-0.3, -0.25) is 11.3 Å². The summed E-state index contributed by atoms with van der Waals surface area (Å²) in [5.74, 6) is 1.42. The van der Waals surface area contributed by atoms with E-state index in [1.165, 1.54) is 6.07 Å². The molecule has 0 aliphatic heterocycles. The van der Waals surface area contributed by atoms with E-state index in [0.29, 0.717) is 5.56 Å². The van der Waals surface area contributed by atoms with Crippen LogP contribution in [-0.2, 0) is 6.42 Å². The first kappa shape index (κ1) is 17.8. The summed E-state index contributed by atoms with van der Waals surface area (Å²) in [6.45, 7) is 3.53. The first-order valence-electron chi connectivity index (χ1n) is 6.12. The van der Waals surface area contributed by atoms with E-state index in [1.54, 1.807) is 31.4 Å². The molecule has 1 aromatic rings. The van der Waals surface area contributed by atoms with Crippen molar-refractivity contribution in [3.05, 3.63) is 34.9 Å². The van der Waals surface area contributed by atoms with Gasteiger partial charge in [-0.15, -0.1) is 0 Å². The first-order valence-corrected chi connectivity index (χ1v) is 6.12. The molecule has 1 aromatic carbocycles. The molecular formula is C13H16F6N2. The van der Waals surface area contributed by atoms with Crippen molar-refractivity contribution in [2.45, 2.75) is 38.7 Å². The van der Waals surface area contributed by atoms with Crippen LogP contribution < -0.4 is 11.3 Å². The number of hydrazine groups is 1. The van der Waals surface area contributed by atoms with Gasteiger partial charge >= 0.3 is 12.4 Å². The Morgan fingerprint density at radius 2 is 1.52 bits per heavy atom. The van der Waals surface area contributed by atoms with Crippen LogP contribution in [0.2, 0.25) is 0 Å². The fourth-order valence-electron chi connectivity index (χ4n) is 2.10. The minimum atomic E-state index is -5.42. The summed E-state index contributed by atoms with van der Waals surface area (Å²) in [5, 5.41) is 0. The monoisotopic (exact) mass is 314 g/mol. The summed E-state index contributed by atoms with van der Waals surface area (Å²) >= 11 is 0. The zero-order chi connectivity index (χ0) is 16.4. The van der Waals surface area contributed by atoms with E-state index in [1.807, 2.05) is 0 Å². The predicted octanol–water partition coefficient (Wildman–Crippen LogP) is 3.42. The Kier molecular flexibility index (Phi) is 5.27. The maximum absolute atomic E-state index is 12.7. The van der Waals surface area contributed by atoms with Crippen molar-refractivity contribution >= 4 is 0 Å². The van der Waals surface area contributed by atoms with Crippen molar-refractivity contribution in [1.82, 2.24) is 5.43 Å². The van der Waals surface area contributed by atoms with Crippen molar-refractivity contribution in [2.75, 3.05) is 0 Å². The first-order chi connectivity index (χ1) is 9.46. The Morgan fingerprint density at radius 1 is 1.00 bits per heavy atom. The Labute approximate surface area is 118 Å². The highest BCUT2D eigenvalue weighted by Crippen LogP contribution is 2.42. The lowest BCUT2D eigenvalue weighted by atomic mass is 9.91. The van der Waals surface area contributed by atoms with Crippen molar-refractivity contribution in [3.63, 3.8) is 0 Å². The highest BCUT2D eigenvalue weighted by atomic mass is 19.4. The normalized spacial score (nSPS) is 14.6. The molecule has 8 heteroatoms. The Bertz CT molecular complexity index is 467. The topological polar surface area (TPSA) is 38.0 Å². The van der Waals surface area contributed by atoms with Crippen LogP contribution in [0.4, 0.5) is 26.3 Å². The third kappa shape index (κ3) is 4.60. The fraction of sp³-hybridized carbons (Fsp3) is 0.538. The highest BCUT2D eigenvalue weighted by molar-refractivity contribution is 5.30. The van der Waals surface area contributed by atoms with Crippen LogP contribution in [0.1, 0.15) is 16.7 Å². The lowest BCUT2D eigenvalue weighted by molar-refractivity contribution is -0.291. The second-order valence-corrected chi connectivity index (χ2v) is 4.96. The fourth-order valence-corrected chi connectivity index (χ4v) is 2.10. The van der Waals surface area contributed by atoms with E-state index in [9.17, 15) is 26.3 Å². The zero-order valence-corrected chi connectivity index (χ0v) is 11.4. The van der Waals surface area contributed by atoms with E-state index < -0.39 is 30.7 Å². The average Bonchev–Trinajstić information content (AvgIpc) is 2.29. The molecule has 0 aromatic heterocycles. The van der Waals surface area contributed by atoms with Crippen molar-refractivity contribution in [3.8, 4) is 0 Å². The molecule has 0 spiro atoms. The number of nitrogens with one attached hydrogen (secondary N) is 1. The maximum atomic E-state index is 12.7. The van der Waals surface area contributed by atoms with Crippen molar-refractivity contribution in [1.29, 1.82) is 0 Å². The molecule has 0 saturated heterocycles. The Hall–Kier alpha value is -1.28. The van der Waals surface area contributed by atoms with Gasteiger partial charge in [0.2, 0.25) is 0 Å². The molecule has 1 unspecified atom stereocenters. The molecule has 120 valence electrons. The summed E-state index contributed by atoms with van der Waals surface area (Å²) in [7, 11) is 0. The number of hydrogen-bond donors (Lipinski definition) is 2. The molecule has 0 amide bonds. The van der Waals surface area contributed by atoms with Gasteiger partial charge in [0.05, 0.1) is 0 Å². The molecular weight excluding hydrogens is 298 g/mol. The van der Waals surface area contributed by atoms with Crippen LogP contribution in [0.5, 0.6) is 0 Å². The van der Waals surface area contributed by atoms with E-state index in [-0.39, 0.29) is 0 Å². The zero-order valence-electron chi connectivity index (χ0n) is 11.4. The number of alkyl halides is 6. The minimum absolute atomic E-state index is 0.361. The van der Waals surface area contributed by atoms with E-state index in [0.717, 1.165) is 11.1 Å². The summed E-state index contributed by atoms with van der Waals surface area (Å²) < 4.78 is 76.1.